The van der Waals surface area contributed by atoms with Gasteiger partial charge in [-0.2, -0.15) is 0 Å². The molecule has 0 saturated carbocycles. The van der Waals surface area contributed by atoms with Crippen LogP contribution >= 0.6 is 12.4 Å². The molecule has 0 spiro atoms. The van der Waals surface area contributed by atoms with Crippen molar-refractivity contribution in [1.82, 2.24) is 4.90 Å². The van der Waals surface area contributed by atoms with Gasteiger partial charge in [0.1, 0.15) is 12.6 Å². The maximum atomic E-state index is 12.3. The van der Waals surface area contributed by atoms with Crippen molar-refractivity contribution in [3.05, 3.63) is 29.3 Å². The molecule has 0 radical (unpaired) electrons. The van der Waals surface area contributed by atoms with Crippen LogP contribution in [0.1, 0.15) is 17.2 Å². The number of halogens is 1. The predicted molar refractivity (Wildman–Crippen MR) is 74.8 cm³/mol. The minimum absolute atomic E-state index is 0. The number of aryl methyl sites for hydroxylation is 1. The standard InChI is InChI=1S/C13H16N2O3.ClH/c1-8-4-5-10-9(6-8)12(14(2)3)13(18)15(10)7-11(16)17;/h4-6,12H,7H2,1-3H3,(H,16,17);1H. The third kappa shape index (κ3) is 2.72. The molecule has 1 atom stereocenters. The van der Waals surface area contributed by atoms with Crippen molar-refractivity contribution in [2.45, 2.75) is 13.0 Å². The number of carboxylic acids is 1. The summed E-state index contributed by atoms with van der Waals surface area (Å²) >= 11 is 0. The lowest BCUT2D eigenvalue weighted by molar-refractivity contribution is -0.137. The van der Waals surface area contributed by atoms with E-state index in [4.69, 9.17) is 5.11 Å². The molecule has 1 aliphatic heterocycles. The fraction of sp³-hybridized carbons (Fsp3) is 0.385. The molecule has 19 heavy (non-hydrogen) atoms. The van der Waals surface area contributed by atoms with Crippen molar-refractivity contribution >= 4 is 30.0 Å². The number of fused-ring (bicyclic) bond motifs is 1. The van der Waals surface area contributed by atoms with Gasteiger partial charge in [0.05, 0.1) is 0 Å². The zero-order chi connectivity index (χ0) is 13.4. The average molecular weight is 285 g/mol. The Morgan fingerprint density at radius 3 is 2.58 bits per heavy atom. The van der Waals surface area contributed by atoms with E-state index in [9.17, 15) is 9.59 Å². The molecule has 1 aromatic rings. The first-order valence-corrected chi connectivity index (χ1v) is 5.72. The molecule has 0 bridgehead atoms. The highest BCUT2D eigenvalue weighted by molar-refractivity contribution is 6.07. The zero-order valence-corrected chi connectivity index (χ0v) is 11.9. The third-order valence-electron chi connectivity index (χ3n) is 3.08. The average Bonchev–Trinajstić information content (AvgIpc) is 2.50. The fourth-order valence-corrected chi connectivity index (χ4v) is 2.34. The summed E-state index contributed by atoms with van der Waals surface area (Å²) in [6.45, 7) is 1.66. The van der Waals surface area contributed by atoms with E-state index in [-0.39, 0.29) is 30.9 Å². The number of amides is 1. The van der Waals surface area contributed by atoms with E-state index in [0.717, 1.165) is 11.1 Å². The number of likely N-dealkylation sites (N-methyl/N-ethyl adjacent to an activating group) is 1. The molecule has 6 heteroatoms. The molecular weight excluding hydrogens is 268 g/mol. The van der Waals surface area contributed by atoms with Crippen molar-refractivity contribution in [1.29, 1.82) is 0 Å². The molecule has 1 N–H and O–H groups in total. The quantitative estimate of drug-likeness (QED) is 0.913. The Morgan fingerprint density at radius 1 is 1.42 bits per heavy atom. The molecule has 1 aliphatic rings. The van der Waals surface area contributed by atoms with Crippen LogP contribution in [0.3, 0.4) is 0 Å². The number of carbonyl (C=O) groups excluding carboxylic acids is 1. The molecule has 2 rings (SSSR count). The van der Waals surface area contributed by atoms with Gasteiger partial charge >= 0.3 is 5.97 Å². The monoisotopic (exact) mass is 284 g/mol. The third-order valence-corrected chi connectivity index (χ3v) is 3.08. The normalized spacial score (nSPS) is 17.4. The van der Waals surface area contributed by atoms with Crippen LogP contribution in [0.15, 0.2) is 18.2 Å². The first-order valence-electron chi connectivity index (χ1n) is 5.72. The molecule has 104 valence electrons. The van der Waals surface area contributed by atoms with E-state index in [1.165, 1.54) is 4.90 Å². The topological polar surface area (TPSA) is 60.9 Å². The lowest BCUT2D eigenvalue weighted by Gasteiger charge is -2.19. The van der Waals surface area contributed by atoms with E-state index in [2.05, 4.69) is 0 Å². The van der Waals surface area contributed by atoms with Crippen LogP contribution in [0.25, 0.3) is 0 Å². The first kappa shape index (κ1) is 15.5. The number of aliphatic carboxylic acids is 1. The SMILES string of the molecule is Cc1ccc2c(c1)C(N(C)C)C(=O)N2CC(=O)O.Cl. The fourth-order valence-electron chi connectivity index (χ4n) is 2.34. The highest BCUT2D eigenvalue weighted by Crippen LogP contribution is 2.38. The summed E-state index contributed by atoms with van der Waals surface area (Å²) in [6, 6.07) is 5.26. The van der Waals surface area contributed by atoms with Crippen LogP contribution < -0.4 is 4.90 Å². The van der Waals surface area contributed by atoms with Gasteiger partial charge in [-0.05, 0) is 27.1 Å². The summed E-state index contributed by atoms with van der Waals surface area (Å²) in [5, 5.41) is 8.89. The van der Waals surface area contributed by atoms with Gasteiger partial charge in [0.2, 0.25) is 5.91 Å². The number of hydrogen-bond acceptors (Lipinski definition) is 3. The van der Waals surface area contributed by atoms with Crippen molar-refractivity contribution in [2.75, 3.05) is 25.5 Å². The number of hydrogen-bond donors (Lipinski definition) is 1. The summed E-state index contributed by atoms with van der Waals surface area (Å²) in [5.41, 5.74) is 2.64. The van der Waals surface area contributed by atoms with Crippen LogP contribution in [-0.4, -0.2) is 42.5 Å². The molecular formula is C13H17ClN2O3. The molecule has 5 nitrogen and oxygen atoms in total. The van der Waals surface area contributed by atoms with E-state index < -0.39 is 5.97 Å². The molecule has 1 unspecified atom stereocenters. The van der Waals surface area contributed by atoms with Gasteiger partial charge < -0.3 is 5.11 Å². The number of rotatable bonds is 3. The van der Waals surface area contributed by atoms with E-state index in [1.54, 1.807) is 0 Å². The number of nitrogens with zero attached hydrogens (tertiary/aromatic N) is 2. The van der Waals surface area contributed by atoms with Gasteiger partial charge in [-0.25, -0.2) is 0 Å². The maximum Gasteiger partial charge on any atom is 0.323 e. The van der Waals surface area contributed by atoms with Gasteiger partial charge in [0.25, 0.3) is 0 Å². The first-order chi connectivity index (χ1) is 8.41. The van der Waals surface area contributed by atoms with Gasteiger partial charge in [0.15, 0.2) is 0 Å². The minimum atomic E-state index is -1.01. The zero-order valence-electron chi connectivity index (χ0n) is 11.1. The molecule has 1 aromatic carbocycles. The lowest BCUT2D eigenvalue weighted by Crippen LogP contribution is -2.37. The summed E-state index contributed by atoms with van der Waals surface area (Å²) < 4.78 is 0. The lowest BCUT2D eigenvalue weighted by atomic mass is 10.0. The highest BCUT2D eigenvalue weighted by atomic mass is 35.5. The smallest absolute Gasteiger partial charge is 0.323 e. The predicted octanol–water partition coefficient (Wildman–Crippen LogP) is 1.45. The van der Waals surface area contributed by atoms with Crippen LogP contribution in [0.5, 0.6) is 0 Å². The summed E-state index contributed by atoms with van der Waals surface area (Å²) in [5.74, 6) is -1.18. The van der Waals surface area contributed by atoms with Crippen LogP contribution in [0.2, 0.25) is 0 Å². The molecule has 0 aromatic heterocycles. The van der Waals surface area contributed by atoms with Gasteiger partial charge in [-0.1, -0.05) is 17.7 Å². The number of carbonyl (C=O) groups is 2. The second kappa shape index (κ2) is 5.59. The largest absolute Gasteiger partial charge is 0.480 e. The van der Waals surface area contributed by atoms with Gasteiger partial charge in [0, 0.05) is 11.3 Å². The van der Waals surface area contributed by atoms with Crippen molar-refractivity contribution in [3.8, 4) is 0 Å². The van der Waals surface area contributed by atoms with Crippen LogP contribution in [-0.2, 0) is 9.59 Å². The minimum Gasteiger partial charge on any atom is -0.480 e. The number of anilines is 1. The Bertz CT molecular complexity index is 517. The molecule has 0 saturated heterocycles. The molecule has 1 amide bonds. The van der Waals surface area contributed by atoms with Crippen LogP contribution in [0.4, 0.5) is 5.69 Å². The summed E-state index contributed by atoms with van der Waals surface area (Å²) in [4.78, 5) is 26.3. The number of benzene rings is 1. The number of carboxylic acid groups (broad SMARTS) is 1. The van der Waals surface area contributed by atoms with Gasteiger partial charge in [-0.3, -0.25) is 19.4 Å². The van der Waals surface area contributed by atoms with E-state index >= 15 is 0 Å². The second-order valence-electron chi connectivity index (χ2n) is 4.75. The Morgan fingerprint density at radius 2 is 2.05 bits per heavy atom. The van der Waals surface area contributed by atoms with Crippen molar-refractivity contribution < 1.29 is 14.7 Å². The molecule has 1 heterocycles. The molecule has 0 fully saturated rings. The van der Waals surface area contributed by atoms with Crippen molar-refractivity contribution in [2.24, 2.45) is 0 Å². The Balaban J connectivity index is 0.00000180. The second-order valence-corrected chi connectivity index (χ2v) is 4.75. The van der Waals surface area contributed by atoms with Gasteiger partial charge in [-0.15, -0.1) is 12.4 Å². The highest BCUT2D eigenvalue weighted by Gasteiger charge is 2.39. The summed E-state index contributed by atoms with van der Waals surface area (Å²) in [6.07, 6.45) is 0. The maximum absolute atomic E-state index is 12.3. The van der Waals surface area contributed by atoms with Crippen LogP contribution in [0, 0.1) is 6.92 Å². The van der Waals surface area contributed by atoms with E-state index in [1.807, 2.05) is 44.1 Å². The van der Waals surface area contributed by atoms with Crippen molar-refractivity contribution in [3.63, 3.8) is 0 Å². The summed E-state index contributed by atoms with van der Waals surface area (Å²) in [7, 11) is 3.64. The van der Waals surface area contributed by atoms with E-state index in [0.29, 0.717) is 5.69 Å². The molecule has 0 aliphatic carbocycles. The Kier molecular flexibility index (Phi) is 4.55. The Labute approximate surface area is 118 Å². The Hall–Kier alpha value is -1.59.